The molecule has 1 aliphatic rings. The summed E-state index contributed by atoms with van der Waals surface area (Å²) < 4.78 is 4.67. The number of esters is 1. The number of nitrogens with zero attached hydrogens (tertiary/aromatic N) is 1. The predicted molar refractivity (Wildman–Crippen MR) is 76.8 cm³/mol. The van der Waals surface area contributed by atoms with E-state index in [2.05, 4.69) is 10.1 Å². The van der Waals surface area contributed by atoms with Crippen molar-refractivity contribution in [2.45, 2.75) is 13.3 Å². The van der Waals surface area contributed by atoms with Crippen LogP contribution in [0.1, 0.15) is 22.8 Å². The second-order valence-electron chi connectivity index (χ2n) is 5.16. The summed E-state index contributed by atoms with van der Waals surface area (Å²) in [4.78, 5) is 25.3. The Labute approximate surface area is 118 Å². The summed E-state index contributed by atoms with van der Waals surface area (Å²) >= 11 is 0. The maximum Gasteiger partial charge on any atom is 0.310 e. The molecular weight excluding hydrogens is 256 g/mol. The molecular formula is C15H20N2O3. The van der Waals surface area contributed by atoms with E-state index in [-0.39, 0.29) is 17.8 Å². The highest BCUT2D eigenvalue weighted by Crippen LogP contribution is 2.23. The van der Waals surface area contributed by atoms with Crippen molar-refractivity contribution in [3.63, 3.8) is 0 Å². The van der Waals surface area contributed by atoms with Crippen LogP contribution in [0.2, 0.25) is 0 Å². The number of hydrogen-bond donors (Lipinski definition) is 1. The van der Waals surface area contributed by atoms with E-state index < -0.39 is 0 Å². The molecule has 20 heavy (non-hydrogen) atoms. The van der Waals surface area contributed by atoms with Crippen molar-refractivity contribution < 1.29 is 14.3 Å². The molecule has 0 saturated carbocycles. The average Bonchev–Trinajstić information content (AvgIpc) is 2.92. The lowest BCUT2D eigenvalue weighted by Gasteiger charge is -2.20. The van der Waals surface area contributed by atoms with Crippen molar-refractivity contribution in [1.29, 1.82) is 0 Å². The van der Waals surface area contributed by atoms with Crippen molar-refractivity contribution in [2.75, 3.05) is 32.6 Å². The molecule has 0 fully saturated rings. The van der Waals surface area contributed by atoms with Gasteiger partial charge in [-0.1, -0.05) is 13.0 Å². The van der Waals surface area contributed by atoms with E-state index in [1.54, 1.807) is 18.9 Å². The van der Waals surface area contributed by atoms with Crippen molar-refractivity contribution in [3.8, 4) is 0 Å². The van der Waals surface area contributed by atoms with Crippen LogP contribution in [0.25, 0.3) is 0 Å². The monoisotopic (exact) mass is 276 g/mol. The Balaban J connectivity index is 2.05. The van der Waals surface area contributed by atoms with Crippen LogP contribution in [0.15, 0.2) is 18.2 Å². The van der Waals surface area contributed by atoms with E-state index in [0.29, 0.717) is 12.1 Å². The molecule has 1 atom stereocenters. The second-order valence-corrected chi connectivity index (χ2v) is 5.16. The van der Waals surface area contributed by atoms with Gasteiger partial charge in [0.2, 0.25) is 0 Å². The molecule has 1 N–H and O–H groups in total. The van der Waals surface area contributed by atoms with E-state index in [4.69, 9.17) is 0 Å². The Morgan fingerprint density at radius 3 is 2.90 bits per heavy atom. The van der Waals surface area contributed by atoms with Gasteiger partial charge in [0.25, 0.3) is 5.91 Å². The van der Waals surface area contributed by atoms with Gasteiger partial charge >= 0.3 is 5.97 Å². The number of methoxy groups -OCH3 is 1. The van der Waals surface area contributed by atoms with Crippen LogP contribution in [0.5, 0.6) is 0 Å². The standard InChI is InChI=1S/C15H20N2O3/c1-10(15(19)20-3)9-17(2)14(18)12-5-4-11-6-7-16-13(11)8-12/h4-5,8,10,16H,6-7,9H2,1-3H3. The quantitative estimate of drug-likeness (QED) is 0.847. The van der Waals surface area contributed by atoms with E-state index in [1.165, 1.54) is 12.7 Å². The van der Waals surface area contributed by atoms with Gasteiger partial charge in [-0.2, -0.15) is 0 Å². The molecule has 1 aromatic carbocycles. The van der Waals surface area contributed by atoms with Crippen LogP contribution >= 0.6 is 0 Å². The van der Waals surface area contributed by atoms with Gasteiger partial charge in [0.15, 0.2) is 0 Å². The van der Waals surface area contributed by atoms with E-state index in [9.17, 15) is 9.59 Å². The lowest BCUT2D eigenvalue weighted by Crippen LogP contribution is -2.34. The molecule has 108 valence electrons. The van der Waals surface area contributed by atoms with Gasteiger partial charge < -0.3 is 15.0 Å². The minimum atomic E-state index is -0.332. The number of rotatable bonds is 4. The fourth-order valence-corrected chi connectivity index (χ4v) is 2.41. The third-order valence-corrected chi connectivity index (χ3v) is 3.56. The van der Waals surface area contributed by atoms with Crippen molar-refractivity contribution in [2.24, 2.45) is 5.92 Å². The van der Waals surface area contributed by atoms with Gasteiger partial charge in [-0.3, -0.25) is 9.59 Å². The third-order valence-electron chi connectivity index (χ3n) is 3.56. The van der Waals surface area contributed by atoms with E-state index in [1.807, 2.05) is 18.2 Å². The van der Waals surface area contributed by atoms with Crippen LogP contribution in [-0.4, -0.2) is 44.0 Å². The highest BCUT2D eigenvalue weighted by molar-refractivity contribution is 5.95. The first-order valence-electron chi connectivity index (χ1n) is 6.73. The molecule has 0 spiro atoms. The predicted octanol–water partition coefficient (Wildman–Crippen LogP) is 1.54. The summed E-state index contributed by atoms with van der Waals surface area (Å²) in [5, 5.41) is 3.26. The van der Waals surface area contributed by atoms with Gasteiger partial charge in [0.1, 0.15) is 0 Å². The van der Waals surface area contributed by atoms with Gasteiger partial charge in [-0.05, 0) is 24.1 Å². The number of benzene rings is 1. The molecule has 0 saturated heterocycles. The Morgan fingerprint density at radius 1 is 1.45 bits per heavy atom. The third kappa shape index (κ3) is 2.92. The summed E-state index contributed by atoms with van der Waals surface area (Å²) in [6.07, 6.45) is 0.999. The summed E-state index contributed by atoms with van der Waals surface area (Å²) in [5.74, 6) is -0.723. The van der Waals surface area contributed by atoms with E-state index in [0.717, 1.165) is 18.7 Å². The van der Waals surface area contributed by atoms with Crippen LogP contribution in [0.4, 0.5) is 5.69 Å². The van der Waals surface area contributed by atoms with Gasteiger partial charge in [0.05, 0.1) is 13.0 Å². The molecule has 1 amide bonds. The molecule has 5 nitrogen and oxygen atoms in total. The molecule has 1 unspecified atom stereocenters. The number of nitrogens with one attached hydrogen (secondary N) is 1. The normalized spacial score (nSPS) is 14.2. The highest BCUT2D eigenvalue weighted by atomic mass is 16.5. The molecule has 5 heteroatoms. The number of amides is 1. The van der Waals surface area contributed by atoms with Crippen LogP contribution in [0.3, 0.4) is 0 Å². The molecule has 1 heterocycles. The number of ether oxygens (including phenoxy) is 1. The smallest absolute Gasteiger partial charge is 0.310 e. The largest absolute Gasteiger partial charge is 0.469 e. The SMILES string of the molecule is COC(=O)C(C)CN(C)C(=O)c1ccc2c(c1)NCC2. The molecule has 0 radical (unpaired) electrons. The Kier molecular flexibility index (Phi) is 4.27. The van der Waals surface area contributed by atoms with Gasteiger partial charge in [-0.25, -0.2) is 0 Å². The fourth-order valence-electron chi connectivity index (χ4n) is 2.41. The molecule has 1 aromatic rings. The Bertz CT molecular complexity index is 528. The number of carbonyl (C=O) groups is 2. The first kappa shape index (κ1) is 14.4. The Hall–Kier alpha value is -2.04. The zero-order valence-corrected chi connectivity index (χ0v) is 12.1. The summed E-state index contributed by atoms with van der Waals surface area (Å²) in [5.41, 5.74) is 2.91. The molecule has 1 aliphatic heterocycles. The summed E-state index contributed by atoms with van der Waals surface area (Å²) in [6.45, 7) is 3.01. The zero-order valence-electron chi connectivity index (χ0n) is 12.1. The number of carbonyl (C=O) groups excluding carboxylic acids is 2. The van der Waals surface area contributed by atoms with Crippen LogP contribution in [-0.2, 0) is 16.0 Å². The maximum atomic E-state index is 12.3. The second kappa shape index (κ2) is 5.94. The van der Waals surface area contributed by atoms with Gasteiger partial charge in [-0.15, -0.1) is 0 Å². The van der Waals surface area contributed by atoms with E-state index >= 15 is 0 Å². The van der Waals surface area contributed by atoms with Crippen molar-refractivity contribution in [1.82, 2.24) is 4.90 Å². The molecule has 0 aliphatic carbocycles. The number of anilines is 1. The molecule has 0 aromatic heterocycles. The minimum absolute atomic E-state index is 0.0859. The highest BCUT2D eigenvalue weighted by Gasteiger charge is 2.21. The average molecular weight is 276 g/mol. The molecule has 0 bridgehead atoms. The topological polar surface area (TPSA) is 58.6 Å². The van der Waals surface area contributed by atoms with Crippen LogP contribution in [0, 0.1) is 5.92 Å². The zero-order chi connectivity index (χ0) is 14.7. The van der Waals surface area contributed by atoms with Crippen LogP contribution < -0.4 is 5.32 Å². The summed E-state index contributed by atoms with van der Waals surface area (Å²) in [7, 11) is 3.05. The lowest BCUT2D eigenvalue weighted by molar-refractivity contribution is -0.145. The first-order valence-corrected chi connectivity index (χ1v) is 6.73. The number of hydrogen-bond acceptors (Lipinski definition) is 4. The van der Waals surface area contributed by atoms with Crippen molar-refractivity contribution >= 4 is 17.6 Å². The summed E-state index contributed by atoms with van der Waals surface area (Å²) in [6, 6.07) is 5.71. The first-order chi connectivity index (χ1) is 9.52. The lowest BCUT2D eigenvalue weighted by atomic mass is 10.1. The fraction of sp³-hybridized carbons (Fsp3) is 0.467. The maximum absolute atomic E-state index is 12.3. The number of fused-ring (bicyclic) bond motifs is 1. The minimum Gasteiger partial charge on any atom is -0.469 e. The molecule has 2 rings (SSSR count). The Morgan fingerprint density at radius 2 is 2.20 bits per heavy atom. The van der Waals surface area contributed by atoms with Crippen molar-refractivity contribution in [3.05, 3.63) is 29.3 Å². The van der Waals surface area contributed by atoms with Gasteiger partial charge in [0, 0.05) is 31.4 Å².